The monoisotopic (exact) mass is 209 g/mol. The van der Waals surface area contributed by atoms with Crippen molar-refractivity contribution in [3.63, 3.8) is 0 Å². The first-order valence-electron chi connectivity index (χ1n) is 5.85. The van der Waals surface area contributed by atoms with Crippen LogP contribution < -0.4 is 5.32 Å². The molecule has 0 heterocycles. The molecule has 0 aliphatic heterocycles. The average molecular weight is 209 g/mol. The van der Waals surface area contributed by atoms with E-state index in [1.807, 2.05) is 0 Å². The molecule has 4 atom stereocenters. The molecule has 2 nitrogen and oxygen atoms in total. The second kappa shape index (κ2) is 5.47. The van der Waals surface area contributed by atoms with Crippen molar-refractivity contribution in [1.82, 2.24) is 5.32 Å². The lowest BCUT2D eigenvalue weighted by molar-refractivity contribution is 0.123. The Kier molecular flexibility index (Phi) is 4.55. The number of aliphatic hydroxyl groups is 1. The molecule has 1 aliphatic rings. The van der Waals surface area contributed by atoms with Gasteiger partial charge in [-0.25, -0.2) is 0 Å². The van der Waals surface area contributed by atoms with E-state index >= 15 is 0 Å². The Bertz CT molecular complexity index is 255. The first-order chi connectivity index (χ1) is 7.06. The zero-order valence-corrected chi connectivity index (χ0v) is 10.2. The van der Waals surface area contributed by atoms with Gasteiger partial charge >= 0.3 is 0 Å². The summed E-state index contributed by atoms with van der Waals surface area (Å²) in [4.78, 5) is 0. The summed E-state index contributed by atoms with van der Waals surface area (Å²) in [5.74, 6) is 1.06. The fraction of sp³-hybridized carbons (Fsp3) is 0.692. The van der Waals surface area contributed by atoms with Gasteiger partial charge in [0.25, 0.3) is 0 Å². The summed E-state index contributed by atoms with van der Waals surface area (Å²) in [6, 6.07) is 0.362. The fourth-order valence-corrected chi connectivity index (χ4v) is 2.50. The minimum absolute atomic E-state index is 0.362. The molecule has 4 unspecified atom stereocenters. The highest BCUT2D eigenvalue weighted by molar-refractivity contribution is 5.23. The third-order valence-corrected chi connectivity index (χ3v) is 3.19. The van der Waals surface area contributed by atoms with Crippen LogP contribution in [0.5, 0.6) is 0 Å². The van der Waals surface area contributed by atoms with Crippen molar-refractivity contribution in [2.45, 2.75) is 46.4 Å². The smallest absolute Gasteiger partial charge is 0.102 e. The predicted octanol–water partition coefficient (Wildman–Crippen LogP) is 2.46. The summed E-state index contributed by atoms with van der Waals surface area (Å²) in [7, 11) is 0. The molecule has 0 fully saturated rings. The van der Waals surface area contributed by atoms with Crippen LogP contribution in [0.3, 0.4) is 0 Å². The molecule has 2 N–H and O–H groups in total. The van der Waals surface area contributed by atoms with Crippen LogP contribution >= 0.6 is 0 Å². The number of rotatable bonds is 4. The van der Waals surface area contributed by atoms with Crippen LogP contribution in [0.1, 0.15) is 34.1 Å². The van der Waals surface area contributed by atoms with Crippen molar-refractivity contribution in [3.8, 4) is 0 Å². The Morgan fingerprint density at radius 2 is 2.20 bits per heavy atom. The van der Waals surface area contributed by atoms with Crippen molar-refractivity contribution < 1.29 is 5.11 Å². The summed E-state index contributed by atoms with van der Waals surface area (Å²) in [6.45, 7) is 8.37. The van der Waals surface area contributed by atoms with Gasteiger partial charge in [0.15, 0.2) is 0 Å². The average Bonchev–Trinajstić information content (AvgIpc) is 2.15. The normalized spacial score (nSPS) is 29.8. The van der Waals surface area contributed by atoms with Crippen LogP contribution in [-0.2, 0) is 0 Å². The highest BCUT2D eigenvalue weighted by Crippen LogP contribution is 2.30. The molecule has 1 rings (SSSR count). The molecular formula is C13H23NO. The van der Waals surface area contributed by atoms with Crippen LogP contribution in [0.4, 0.5) is 0 Å². The lowest BCUT2D eigenvalue weighted by atomic mass is 9.78. The molecule has 0 amide bonds. The number of aliphatic hydroxyl groups excluding tert-OH is 1. The van der Waals surface area contributed by atoms with E-state index in [4.69, 9.17) is 0 Å². The van der Waals surface area contributed by atoms with Crippen molar-refractivity contribution >= 4 is 0 Å². The number of hydrogen-bond acceptors (Lipinski definition) is 2. The maximum atomic E-state index is 9.41. The topological polar surface area (TPSA) is 32.3 Å². The van der Waals surface area contributed by atoms with Crippen LogP contribution in [0.2, 0.25) is 0 Å². The SMILES string of the molecule is CCC(NC(C)O)C1C(C)=CC=CC1C. The molecule has 0 aromatic heterocycles. The Balaban J connectivity index is 2.74. The van der Waals surface area contributed by atoms with E-state index in [1.54, 1.807) is 6.92 Å². The Morgan fingerprint density at radius 1 is 1.53 bits per heavy atom. The molecule has 0 saturated heterocycles. The summed E-state index contributed by atoms with van der Waals surface area (Å²) < 4.78 is 0. The van der Waals surface area contributed by atoms with Crippen LogP contribution in [0, 0.1) is 11.8 Å². The molecule has 0 aromatic rings. The van der Waals surface area contributed by atoms with Gasteiger partial charge in [0.05, 0.1) is 0 Å². The summed E-state index contributed by atoms with van der Waals surface area (Å²) in [5.41, 5.74) is 1.41. The number of hydrogen-bond donors (Lipinski definition) is 2. The molecule has 0 bridgehead atoms. The molecule has 0 spiro atoms. The van der Waals surface area contributed by atoms with E-state index in [-0.39, 0.29) is 0 Å². The quantitative estimate of drug-likeness (QED) is 0.697. The lowest BCUT2D eigenvalue weighted by Crippen LogP contribution is -2.43. The van der Waals surface area contributed by atoms with Gasteiger partial charge in [-0.15, -0.1) is 0 Å². The fourth-order valence-electron chi connectivity index (χ4n) is 2.50. The minimum Gasteiger partial charge on any atom is -0.379 e. The maximum Gasteiger partial charge on any atom is 0.102 e. The third kappa shape index (κ3) is 3.18. The summed E-state index contributed by atoms with van der Waals surface area (Å²) >= 11 is 0. The van der Waals surface area contributed by atoms with Crippen LogP contribution in [0.25, 0.3) is 0 Å². The number of nitrogens with one attached hydrogen (secondary N) is 1. The predicted molar refractivity (Wildman–Crippen MR) is 64.4 cm³/mol. The summed E-state index contributed by atoms with van der Waals surface area (Å²) in [5, 5.41) is 12.6. The highest BCUT2D eigenvalue weighted by atomic mass is 16.3. The zero-order valence-electron chi connectivity index (χ0n) is 10.2. The highest BCUT2D eigenvalue weighted by Gasteiger charge is 2.27. The van der Waals surface area contributed by atoms with Gasteiger partial charge in [0, 0.05) is 12.0 Å². The number of allylic oxidation sites excluding steroid dienone is 3. The van der Waals surface area contributed by atoms with Crippen molar-refractivity contribution in [1.29, 1.82) is 0 Å². The van der Waals surface area contributed by atoms with Gasteiger partial charge in [0.2, 0.25) is 0 Å². The van der Waals surface area contributed by atoms with Gasteiger partial charge in [-0.05, 0) is 26.2 Å². The molecule has 0 radical (unpaired) electrons. The van der Waals surface area contributed by atoms with E-state index in [0.29, 0.717) is 17.9 Å². The maximum absolute atomic E-state index is 9.41. The first kappa shape index (κ1) is 12.5. The summed E-state index contributed by atoms with van der Waals surface area (Å²) in [6.07, 6.45) is 7.16. The molecule has 0 aromatic carbocycles. The lowest BCUT2D eigenvalue weighted by Gasteiger charge is -2.34. The second-order valence-electron chi connectivity index (χ2n) is 4.54. The Morgan fingerprint density at radius 3 is 2.67 bits per heavy atom. The largest absolute Gasteiger partial charge is 0.379 e. The Labute approximate surface area is 93.1 Å². The van der Waals surface area contributed by atoms with E-state index < -0.39 is 6.23 Å². The van der Waals surface area contributed by atoms with Gasteiger partial charge in [-0.2, -0.15) is 0 Å². The van der Waals surface area contributed by atoms with E-state index in [2.05, 4.69) is 44.3 Å². The molecule has 1 aliphatic carbocycles. The van der Waals surface area contributed by atoms with Crippen LogP contribution in [-0.4, -0.2) is 17.4 Å². The van der Waals surface area contributed by atoms with Crippen LogP contribution in [0.15, 0.2) is 23.8 Å². The van der Waals surface area contributed by atoms with E-state index in [1.165, 1.54) is 5.57 Å². The van der Waals surface area contributed by atoms with Gasteiger partial charge in [0.1, 0.15) is 6.23 Å². The van der Waals surface area contributed by atoms with Crippen molar-refractivity contribution in [2.24, 2.45) is 11.8 Å². The first-order valence-corrected chi connectivity index (χ1v) is 5.85. The molecule has 15 heavy (non-hydrogen) atoms. The third-order valence-electron chi connectivity index (χ3n) is 3.19. The molecule has 2 heteroatoms. The molecular weight excluding hydrogens is 186 g/mol. The second-order valence-corrected chi connectivity index (χ2v) is 4.54. The van der Waals surface area contributed by atoms with Gasteiger partial charge in [-0.3, -0.25) is 5.32 Å². The minimum atomic E-state index is -0.430. The van der Waals surface area contributed by atoms with E-state index in [0.717, 1.165) is 6.42 Å². The molecule has 86 valence electrons. The van der Waals surface area contributed by atoms with Crippen molar-refractivity contribution in [3.05, 3.63) is 23.8 Å². The molecule has 0 saturated carbocycles. The zero-order chi connectivity index (χ0) is 11.4. The Hall–Kier alpha value is -0.600. The van der Waals surface area contributed by atoms with E-state index in [9.17, 15) is 5.11 Å². The standard InChI is InChI=1S/C13H23NO/c1-5-12(14-11(4)15)13-9(2)7-6-8-10(13)3/h6-9,11-15H,5H2,1-4H3. The van der Waals surface area contributed by atoms with Crippen molar-refractivity contribution in [2.75, 3.05) is 0 Å². The van der Waals surface area contributed by atoms with Gasteiger partial charge < -0.3 is 5.11 Å². The van der Waals surface area contributed by atoms with Gasteiger partial charge in [-0.1, -0.05) is 37.6 Å².